The van der Waals surface area contributed by atoms with Crippen LogP contribution in [0.25, 0.3) is 0 Å². The summed E-state index contributed by atoms with van der Waals surface area (Å²) in [4.78, 5) is 2.36. The minimum absolute atomic E-state index is 0.252. The lowest BCUT2D eigenvalue weighted by Gasteiger charge is -2.23. The molecule has 0 bridgehead atoms. The van der Waals surface area contributed by atoms with Gasteiger partial charge >= 0.3 is 0 Å². The highest BCUT2D eigenvalue weighted by Gasteiger charge is 2.11. The summed E-state index contributed by atoms with van der Waals surface area (Å²) in [7, 11) is 0. The first-order valence-electron chi connectivity index (χ1n) is 7.49. The van der Waals surface area contributed by atoms with Crippen molar-refractivity contribution in [3.63, 3.8) is 0 Å². The van der Waals surface area contributed by atoms with E-state index < -0.39 is 11.6 Å². The molecular weight excluding hydrogens is 258 g/mol. The Hall–Kier alpha value is -1.00. The fourth-order valence-corrected chi connectivity index (χ4v) is 2.46. The van der Waals surface area contributed by atoms with Crippen molar-refractivity contribution in [1.29, 1.82) is 0 Å². The van der Waals surface area contributed by atoms with E-state index >= 15 is 0 Å². The average Bonchev–Trinajstić information content (AvgIpc) is 2.38. The van der Waals surface area contributed by atoms with Crippen LogP contribution >= 0.6 is 0 Å². The molecule has 1 atom stereocenters. The second kappa shape index (κ2) is 9.03. The van der Waals surface area contributed by atoms with Crippen molar-refractivity contribution in [3.05, 3.63) is 35.4 Å². The van der Waals surface area contributed by atoms with Gasteiger partial charge in [0, 0.05) is 12.1 Å². The Morgan fingerprint density at radius 3 is 2.15 bits per heavy atom. The largest absolute Gasteiger partial charge is 0.314 e. The first-order valence-corrected chi connectivity index (χ1v) is 7.49. The molecule has 0 heterocycles. The zero-order valence-electron chi connectivity index (χ0n) is 12.8. The molecule has 0 fully saturated rings. The van der Waals surface area contributed by atoms with Crippen molar-refractivity contribution in [2.75, 3.05) is 26.2 Å². The standard InChI is InChI=1S/C16H26F2N2/c1-4-19-16(7-8-20(5-2)6-3)11-13-9-14(17)12-15(18)10-13/h9-10,12,16,19H,4-8,11H2,1-3H3. The SMILES string of the molecule is CCNC(CCN(CC)CC)Cc1cc(F)cc(F)c1. The molecule has 0 aromatic heterocycles. The van der Waals surface area contributed by atoms with Gasteiger partial charge in [-0.1, -0.05) is 20.8 Å². The third kappa shape index (κ3) is 5.97. The second-order valence-electron chi connectivity index (χ2n) is 5.05. The van der Waals surface area contributed by atoms with Crippen LogP contribution in [0.2, 0.25) is 0 Å². The van der Waals surface area contributed by atoms with Crippen LogP contribution in [0.3, 0.4) is 0 Å². The Morgan fingerprint density at radius 1 is 1.05 bits per heavy atom. The molecule has 0 saturated carbocycles. The molecule has 1 N–H and O–H groups in total. The van der Waals surface area contributed by atoms with E-state index in [1.165, 1.54) is 12.1 Å². The molecule has 0 aliphatic heterocycles. The maximum Gasteiger partial charge on any atom is 0.126 e. The van der Waals surface area contributed by atoms with Gasteiger partial charge < -0.3 is 10.2 Å². The Bertz CT molecular complexity index is 372. The Labute approximate surface area is 121 Å². The van der Waals surface area contributed by atoms with E-state index in [1.807, 2.05) is 0 Å². The zero-order chi connectivity index (χ0) is 15.0. The summed E-state index contributed by atoms with van der Waals surface area (Å²) >= 11 is 0. The smallest absolute Gasteiger partial charge is 0.126 e. The fraction of sp³-hybridized carbons (Fsp3) is 0.625. The molecule has 1 rings (SSSR count). The lowest BCUT2D eigenvalue weighted by Crippen LogP contribution is -2.35. The molecule has 0 aliphatic rings. The van der Waals surface area contributed by atoms with E-state index in [1.54, 1.807) is 0 Å². The van der Waals surface area contributed by atoms with Crippen molar-refractivity contribution < 1.29 is 8.78 Å². The average molecular weight is 284 g/mol. The van der Waals surface area contributed by atoms with Gasteiger partial charge in [-0.2, -0.15) is 0 Å². The van der Waals surface area contributed by atoms with Gasteiger partial charge in [-0.25, -0.2) is 8.78 Å². The fourth-order valence-electron chi connectivity index (χ4n) is 2.46. The number of nitrogens with one attached hydrogen (secondary N) is 1. The van der Waals surface area contributed by atoms with Crippen LogP contribution in [0.15, 0.2) is 18.2 Å². The van der Waals surface area contributed by atoms with Gasteiger partial charge in [0.2, 0.25) is 0 Å². The molecule has 1 aromatic rings. The van der Waals surface area contributed by atoms with Crippen LogP contribution in [-0.2, 0) is 6.42 Å². The van der Waals surface area contributed by atoms with Gasteiger partial charge in [0.1, 0.15) is 11.6 Å². The summed E-state index contributed by atoms with van der Waals surface area (Å²) in [5, 5.41) is 3.40. The number of benzene rings is 1. The third-order valence-corrected chi connectivity index (χ3v) is 3.59. The minimum atomic E-state index is -0.501. The normalized spacial score (nSPS) is 12.9. The second-order valence-corrected chi connectivity index (χ2v) is 5.05. The Kier molecular flexibility index (Phi) is 7.70. The number of rotatable bonds is 9. The molecule has 1 aromatic carbocycles. The molecule has 0 saturated heterocycles. The van der Waals surface area contributed by atoms with Gasteiger partial charge in [-0.15, -0.1) is 0 Å². The summed E-state index contributed by atoms with van der Waals surface area (Å²) < 4.78 is 26.4. The molecule has 4 heteroatoms. The Balaban J connectivity index is 2.61. The quantitative estimate of drug-likeness (QED) is 0.749. The number of nitrogens with zero attached hydrogens (tertiary/aromatic N) is 1. The Morgan fingerprint density at radius 2 is 1.65 bits per heavy atom. The highest BCUT2D eigenvalue weighted by molar-refractivity contribution is 5.19. The zero-order valence-corrected chi connectivity index (χ0v) is 12.8. The molecule has 0 aliphatic carbocycles. The maximum absolute atomic E-state index is 13.2. The summed E-state index contributed by atoms with van der Waals surface area (Å²) in [6.07, 6.45) is 1.64. The minimum Gasteiger partial charge on any atom is -0.314 e. The monoisotopic (exact) mass is 284 g/mol. The predicted octanol–water partition coefficient (Wildman–Crippen LogP) is 3.22. The number of hydrogen-bond acceptors (Lipinski definition) is 2. The van der Waals surface area contributed by atoms with Crippen molar-refractivity contribution in [2.45, 2.75) is 39.7 Å². The van der Waals surface area contributed by atoms with Gasteiger partial charge in [0.25, 0.3) is 0 Å². The van der Waals surface area contributed by atoms with Crippen LogP contribution in [0.4, 0.5) is 8.78 Å². The van der Waals surface area contributed by atoms with Gasteiger partial charge in [0.05, 0.1) is 0 Å². The van der Waals surface area contributed by atoms with Gasteiger partial charge in [-0.3, -0.25) is 0 Å². The van der Waals surface area contributed by atoms with Crippen molar-refractivity contribution in [1.82, 2.24) is 10.2 Å². The summed E-state index contributed by atoms with van der Waals surface area (Å²) in [5.74, 6) is -1.00. The van der Waals surface area contributed by atoms with Crippen LogP contribution in [-0.4, -0.2) is 37.1 Å². The van der Waals surface area contributed by atoms with E-state index in [-0.39, 0.29) is 6.04 Å². The van der Waals surface area contributed by atoms with Crippen molar-refractivity contribution in [2.24, 2.45) is 0 Å². The lowest BCUT2D eigenvalue weighted by atomic mass is 10.0. The molecule has 1 unspecified atom stereocenters. The number of likely N-dealkylation sites (N-methyl/N-ethyl adjacent to an activating group) is 1. The summed E-state index contributed by atoms with van der Waals surface area (Å²) in [6, 6.07) is 4.01. The number of halogens is 2. The van der Waals surface area contributed by atoms with Crippen LogP contribution < -0.4 is 5.32 Å². The maximum atomic E-state index is 13.2. The van der Waals surface area contributed by atoms with E-state index in [9.17, 15) is 8.78 Å². The first-order chi connectivity index (χ1) is 9.58. The van der Waals surface area contributed by atoms with E-state index in [4.69, 9.17) is 0 Å². The van der Waals surface area contributed by atoms with E-state index in [0.29, 0.717) is 12.0 Å². The molecule has 0 spiro atoms. The third-order valence-electron chi connectivity index (χ3n) is 3.59. The molecule has 114 valence electrons. The molecular formula is C16H26F2N2. The molecule has 0 radical (unpaired) electrons. The van der Waals surface area contributed by atoms with Crippen LogP contribution in [0.1, 0.15) is 32.8 Å². The molecule has 0 amide bonds. The predicted molar refractivity (Wildman–Crippen MR) is 79.9 cm³/mol. The topological polar surface area (TPSA) is 15.3 Å². The highest BCUT2D eigenvalue weighted by atomic mass is 19.1. The lowest BCUT2D eigenvalue weighted by molar-refractivity contribution is 0.281. The summed E-state index contributed by atoms with van der Waals surface area (Å²) in [5.41, 5.74) is 0.716. The molecule has 2 nitrogen and oxygen atoms in total. The van der Waals surface area contributed by atoms with Crippen molar-refractivity contribution in [3.8, 4) is 0 Å². The van der Waals surface area contributed by atoms with E-state index in [0.717, 1.165) is 38.7 Å². The van der Waals surface area contributed by atoms with Crippen LogP contribution in [0.5, 0.6) is 0 Å². The van der Waals surface area contributed by atoms with Gasteiger partial charge in [0.15, 0.2) is 0 Å². The highest BCUT2D eigenvalue weighted by Crippen LogP contribution is 2.12. The summed E-state index contributed by atoms with van der Waals surface area (Å²) in [6.45, 7) is 10.3. The molecule has 20 heavy (non-hydrogen) atoms. The van der Waals surface area contributed by atoms with Crippen molar-refractivity contribution >= 4 is 0 Å². The first kappa shape index (κ1) is 17.1. The van der Waals surface area contributed by atoms with Crippen LogP contribution in [0, 0.1) is 11.6 Å². The van der Waals surface area contributed by atoms with Gasteiger partial charge in [-0.05, 0) is 56.7 Å². The number of hydrogen-bond donors (Lipinski definition) is 1. The van der Waals surface area contributed by atoms with E-state index in [2.05, 4.69) is 31.0 Å².